The van der Waals surface area contributed by atoms with E-state index in [1.807, 2.05) is 46.4 Å². The molecule has 11 heteroatoms. The van der Waals surface area contributed by atoms with Gasteiger partial charge in [0.25, 0.3) is 5.56 Å². The highest BCUT2D eigenvalue weighted by Gasteiger charge is 2.35. The van der Waals surface area contributed by atoms with Crippen LogP contribution in [0.25, 0.3) is 0 Å². The lowest BCUT2D eigenvalue weighted by atomic mass is 10.2. The number of carbonyl (C=O) groups excluding carboxylic acids is 1. The van der Waals surface area contributed by atoms with Crippen LogP contribution in [0.4, 0.5) is 19.5 Å². The molecule has 1 amide bonds. The first kappa shape index (κ1) is 27.9. The van der Waals surface area contributed by atoms with Gasteiger partial charge in [0.2, 0.25) is 11.8 Å². The number of anilines is 1. The monoisotopic (exact) mass is 570 g/mol. The minimum atomic E-state index is -0.744. The quantitative estimate of drug-likeness (QED) is 0.450. The lowest BCUT2D eigenvalue weighted by Gasteiger charge is -2.31. The van der Waals surface area contributed by atoms with Gasteiger partial charge in [0, 0.05) is 37.3 Å². The van der Waals surface area contributed by atoms with E-state index in [9.17, 15) is 18.4 Å². The molecule has 0 aliphatic carbocycles. The van der Waals surface area contributed by atoms with Crippen LogP contribution in [0.1, 0.15) is 59.6 Å². The number of aromatic nitrogens is 2. The molecule has 1 aliphatic heterocycles. The molecule has 36 heavy (non-hydrogen) atoms. The van der Waals surface area contributed by atoms with Crippen LogP contribution in [0, 0.1) is 11.6 Å². The first-order chi connectivity index (χ1) is 16.8. The van der Waals surface area contributed by atoms with Crippen LogP contribution in [0.5, 0.6) is 5.88 Å². The van der Waals surface area contributed by atoms with Gasteiger partial charge >= 0.3 is 6.09 Å². The summed E-state index contributed by atoms with van der Waals surface area (Å²) in [6.07, 6.45) is 0.292. The number of ether oxygens (including phenoxy) is 2. The number of nitrogens with zero attached hydrogens (tertiary/aromatic N) is 4. The van der Waals surface area contributed by atoms with Gasteiger partial charge in [-0.1, -0.05) is 0 Å². The first-order valence-corrected chi connectivity index (χ1v) is 12.7. The minimum absolute atomic E-state index is 0.0126. The normalized spacial score (nSPS) is 15.9. The molecule has 1 atom stereocenters. The fourth-order valence-corrected chi connectivity index (χ4v) is 4.48. The summed E-state index contributed by atoms with van der Waals surface area (Å²) in [7, 11) is 0. The number of hydrogen-bond donors (Lipinski definition) is 0. The van der Waals surface area contributed by atoms with Gasteiger partial charge in [-0.3, -0.25) is 9.36 Å². The van der Waals surface area contributed by atoms with Crippen LogP contribution in [0.15, 0.2) is 27.5 Å². The van der Waals surface area contributed by atoms with Crippen molar-refractivity contribution in [2.24, 2.45) is 0 Å². The third-order valence-electron chi connectivity index (χ3n) is 5.76. The molecule has 0 spiro atoms. The van der Waals surface area contributed by atoms with Gasteiger partial charge in [-0.05, 0) is 76.0 Å². The largest absolute Gasteiger partial charge is 0.472 e. The molecule has 1 aromatic heterocycles. The third kappa shape index (κ3) is 6.35. The van der Waals surface area contributed by atoms with Gasteiger partial charge in [-0.25, -0.2) is 13.6 Å². The van der Waals surface area contributed by atoms with Gasteiger partial charge in [0.15, 0.2) is 0 Å². The molecule has 8 nitrogen and oxygen atoms in total. The Morgan fingerprint density at radius 3 is 2.58 bits per heavy atom. The van der Waals surface area contributed by atoms with Crippen molar-refractivity contribution < 1.29 is 23.0 Å². The van der Waals surface area contributed by atoms with Gasteiger partial charge in [-0.2, -0.15) is 4.98 Å². The summed E-state index contributed by atoms with van der Waals surface area (Å²) >= 11 is 3.28. The van der Waals surface area contributed by atoms with Crippen molar-refractivity contribution in [3.63, 3.8) is 0 Å². The highest BCUT2D eigenvalue weighted by atomic mass is 79.9. The van der Waals surface area contributed by atoms with E-state index in [0.717, 1.165) is 12.1 Å². The van der Waals surface area contributed by atoms with Crippen LogP contribution < -0.4 is 15.2 Å². The average Bonchev–Trinajstić information content (AvgIpc) is 3.24. The highest BCUT2D eigenvalue weighted by molar-refractivity contribution is 9.10. The molecule has 1 aliphatic rings. The standard InChI is InChI=1S/C25H33BrF2N4O4/c1-7-31(24(34)36-25(4,5)6)18-10-11-30(13-18)23-29-21(20(26)22(33)32(23)15(2)3)35-14-16-8-9-17(27)12-19(16)28/h8-9,12,15,18H,7,10-11,13-14H2,1-6H3/t18-/m1/s1. The van der Waals surface area contributed by atoms with Crippen molar-refractivity contribution in [1.29, 1.82) is 0 Å². The summed E-state index contributed by atoms with van der Waals surface area (Å²) in [6.45, 7) is 12.4. The topological polar surface area (TPSA) is 76.9 Å². The molecule has 2 aromatic rings. The fraction of sp³-hybridized carbons (Fsp3) is 0.560. The second-order valence-corrected chi connectivity index (χ2v) is 10.8. The van der Waals surface area contributed by atoms with E-state index in [1.54, 1.807) is 9.47 Å². The van der Waals surface area contributed by atoms with Gasteiger partial charge in [0.05, 0.1) is 6.04 Å². The van der Waals surface area contributed by atoms with Crippen molar-refractivity contribution in [3.05, 3.63) is 50.2 Å². The predicted molar refractivity (Wildman–Crippen MR) is 137 cm³/mol. The number of amides is 1. The van der Waals surface area contributed by atoms with Crippen LogP contribution in [0.3, 0.4) is 0 Å². The molecule has 0 unspecified atom stereocenters. The van der Waals surface area contributed by atoms with E-state index < -0.39 is 17.2 Å². The summed E-state index contributed by atoms with van der Waals surface area (Å²) in [6, 6.07) is 2.88. The van der Waals surface area contributed by atoms with Crippen LogP contribution in [-0.4, -0.2) is 51.8 Å². The second kappa shape index (κ2) is 11.1. The molecule has 0 saturated carbocycles. The Bertz CT molecular complexity index is 1170. The average molecular weight is 571 g/mol. The van der Waals surface area contributed by atoms with E-state index in [2.05, 4.69) is 20.9 Å². The van der Waals surface area contributed by atoms with Gasteiger partial charge in [0.1, 0.15) is 28.3 Å². The molecule has 2 heterocycles. The summed E-state index contributed by atoms with van der Waals surface area (Å²) in [4.78, 5) is 34.2. The minimum Gasteiger partial charge on any atom is -0.472 e. The smallest absolute Gasteiger partial charge is 0.410 e. The van der Waals surface area contributed by atoms with Crippen molar-refractivity contribution in [2.45, 2.75) is 72.3 Å². The molecule has 198 valence electrons. The highest BCUT2D eigenvalue weighted by Crippen LogP contribution is 2.29. The molecule has 0 radical (unpaired) electrons. The Balaban J connectivity index is 1.88. The number of benzene rings is 1. The molecule has 1 aromatic carbocycles. The number of carbonyl (C=O) groups is 1. The Morgan fingerprint density at radius 1 is 1.31 bits per heavy atom. The van der Waals surface area contributed by atoms with Crippen molar-refractivity contribution in [2.75, 3.05) is 24.5 Å². The van der Waals surface area contributed by atoms with E-state index in [0.29, 0.717) is 32.0 Å². The number of hydrogen-bond acceptors (Lipinski definition) is 6. The van der Waals surface area contributed by atoms with E-state index in [4.69, 9.17) is 9.47 Å². The first-order valence-electron chi connectivity index (χ1n) is 12.0. The van der Waals surface area contributed by atoms with E-state index in [-0.39, 0.29) is 46.3 Å². The summed E-state index contributed by atoms with van der Waals surface area (Å²) in [5.74, 6) is -1.02. The van der Waals surface area contributed by atoms with E-state index >= 15 is 0 Å². The molecule has 1 fully saturated rings. The lowest BCUT2D eigenvalue weighted by Crippen LogP contribution is -2.45. The molecule has 1 saturated heterocycles. The van der Waals surface area contributed by atoms with Crippen molar-refractivity contribution >= 4 is 28.0 Å². The molecule has 0 bridgehead atoms. The third-order valence-corrected chi connectivity index (χ3v) is 6.44. The summed E-state index contributed by atoms with van der Waals surface area (Å²) < 4.78 is 40.3. The molecule has 0 N–H and O–H groups in total. The van der Waals surface area contributed by atoms with Crippen LogP contribution in [0.2, 0.25) is 0 Å². The SMILES string of the molecule is CCN(C(=O)OC(C)(C)C)[C@@H]1CCN(c2nc(OCc3ccc(F)cc3F)c(Br)c(=O)n2C(C)C)C1. The zero-order valence-electron chi connectivity index (χ0n) is 21.5. The second-order valence-electron chi connectivity index (χ2n) is 9.98. The maximum Gasteiger partial charge on any atom is 0.410 e. The van der Waals surface area contributed by atoms with Crippen LogP contribution in [-0.2, 0) is 11.3 Å². The Hall–Kier alpha value is -2.69. The molecular formula is C25H33BrF2N4O4. The lowest BCUT2D eigenvalue weighted by molar-refractivity contribution is 0.0190. The van der Waals surface area contributed by atoms with Crippen molar-refractivity contribution in [3.8, 4) is 5.88 Å². The van der Waals surface area contributed by atoms with E-state index in [1.165, 1.54) is 6.07 Å². The number of likely N-dealkylation sites (N-methyl/N-ethyl adjacent to an activating group) is 1. The summed E-state index contributed by atoms with van der Waals surface area (Å²) in [5.41, 5.74) is -0.811. The Kier molecular flexibility index (Phi) is 8.63. The fourth-order valence-electron chi connectivity index (χ4n) is 4.09. The zero-order chi connectivity index (χ0) is 26.8. The number of rotatable bonds is 7. The Morgan fingerprint density at radius 2 is 2.00 bits per heavy atom. The summed E-state index contributed by atoms with van der Waals surface area (Å²) in [5, 5.41) is 0. The zero-order valence-corrected chi connectivity index (χ0v) is 23.1. The van der Waals surface area contributed by atoms with Crippen molar-refractivity contribution in [1.82, 2.24) is 14.5 Å². The molecule has 3 rings (SSSR count). The predicted octanol–water partition coefficient (Wildman–Crippen LogP) is 5.28. The van der Waals surface area contributed by atoms with Crippen LogP contribution >= 0.6 is 15.9 Å². The Labute approximate surface area is 218 Å². The van der Waals surface area contributed by atoms with Gasteiger partial charge < -0.3 is 19.3 Å². The number of halogens is 3. The molecular weight excluding hydrogens is 538 g/mol. The maximum absolute atomic E-state index is 14.1. The van der Waals surface area contributed by atoms with Gasteiger partial charge in [-0.15, -0.1) is 0 Å². The maximum atomic E-state index is 14.1.